The molecule has 0 aliphatic carbocycles. The molecule has 0 heterocycles. The third kappa shape index (κ3) is 3.38. The van der Waals surface area contributed by atoms with E-state index in [4.69, 9.17) is 21.6 Å². The van der Waals surface area contributed by atoms with E-state index in [0.29, 0.717) is 0 Å². The number of hydrogen-bond donors (Lipinski definition) is 1. The Morgan fingerprint density at radius 2 is 1.86 bits per heavy atom. The number of nitriles is 1. The Labute approximate surface area is 122 Å². The van der Waals surface area contributed by atoms with Crippen molar-refractivity contribution in [1.29, 1.82) is 5.26 Å². The van der Waals surface area contributed by atoms with Crippen molar-refractivity contribution in [1.82, 2.24) is 0 Å². The molecule has 0 atom stereocenters. The number of aromatic hydroxyl groups is 1. The van der Waals surface area contributed by atoms with Gasteiger partial charge in [0.15, 0.2) is 0 Å². The van der Waals surface area contributed by atoms with Crippen LogP contribution in [0.25, 0.3) is 0 Å². The fourth-order valence-corrected chi connectivity index (χ4v) is 1.83. The van der Waals surface area contributed by atoms with Crippen LogP contribution < -0.4 is 4.74 Å². The summed E-state index contributed by atoms with van der Waals surface area (Å²) in [4.78, 5) is 0. The molecule has 0 saturated heterocycles. The van der Waals surface area contributed by atoms with Crippen LogP contribution in [0.4, 0.5) is 13.2 Å². The molecule has 0 aliphatic rings. The zero-order chi connectivity index (χ0) is 15.6. The largest absolute Gasteiger partial charge is 0.508 e. The van der Waals surface area contributed by atoms with E-state index in [1.54, 1.807) is 6.07 Å². The monoisotopic (exact) mass is 313 g/mol. The second-order valence-corrected chi connectivity index (χ2v) is 4.44. The van der Waals surface area contributed by atoms with Gasteiger partial charge in [0.05, 0.1) is 16.1 Å². The number of rotatable bonds is 2. The van der Waals surface area contributed by atoms with Crippen LogP contribution in [0.5, 0.6) is 17.2 Å². The Morgan fingerprint density at radius 3 is 2.48 bits per heavy atom. The highest BCUT2D eigenvalue weighted by Gasteiger charge is 2.33. The molecule has 0 radical (unpaired) electrons. The molecule has 2 aromatic rings. The summed E-state index contributed by atoms with van der Waals surface area (Å²) in [5, 5.41) is 17.7. The summed E-state index contributed by atoms with van der Waals surface area (Å²) in [7, 11) is 0. The standard InChI is InChI=1S/C14H7ClF3NO2/c15-12-3-2-10(6-11(12)14(16,17)18)21-13-4-1-9(20)5-8(13)7-19/h1-6,20H. The molecule has 0 fully saturated rings. The Bertz CT molecular complexity index is 723. The van der Waals surface area contributed by atoms with Crippen LogP contribution in [0, 0.1) is 11.3 Å². The van der Waals surface area contributed by atoms with E-state index in [1.165, 1.54) is 18.2 Å². The lowest BCUT2D eigenvalue weighted by molar-refractivity contribution is -0.137. The van der Waals surface area contributed by atoms with Gasteiger partial charge < -0.3 is 9.84 Å². The average molecular weight is 314 g/mol. The minimum Gasteiger partial charge on any atom is -0.508 e. The van der Waals surface area contributed by atoms with Crippen LogP contribution in [-0.4, -0.2) is 5.11 Å². The molecule has 2 aromatic carbocycles. The third-order valence-corrected chi connectivity index (χ3v) is 2.88. The van der Waals surface area contributed by atoms with Crippen molar-refractivity contribution in [3.05, 3.63) is 52.5 Å². The molecule has 3 nitrogen and oxygen atoms in total. The number of benzene rings is 2. The highest BCUT2D eigenvalue weighted by atomic mass is 35.5. The number of nitrogens with zero attached hydrogens (tertiary/aromatic N) is 1. The number of ether oxygens (including phenoxy) is 1. The second kappa shape index (κ2) is 5.54. The summed E-state index contributed by atoms with van der Waals surface area (Å²) in [6, 6.07) is 8.54. The smallest absolute Gasteiger partial charge is 0.417 e. The Kier molecular flexibility index (Phi) is 3.96. The number of phenolic OH excluding ortho intramolecular Hbond substituents is 1. The van der Waals surface area contributed by atoms with Gasteiger partial charge in [0.2, 0.25) is 0 Å². The van der Waals surface area contributed by atoms with Crippen LogP contribution in [0.3, 0.4) is 0 Å². The fraction of sp³-hybridized carbons (Fsp3) is 0.0714. The maximum Gasteiger partial charge on any atom is 0.417 e. The number of phenols is 1. The maximum absolute atomic E-state index is 12.7. The molecule has 0 aliphatic heterocycles. The van der Waals surface area contributed by atoms with E-state index >= 15 is 0 Å². The molecular weight excluding hydrogens is 307 g/mol. The first-order valence-electron chi connectivity index (χ1n) is 5.59. The van der Waals surface area contributed by atoms with Gasteiger partial charge in [-0.25, -0.2) is 0 Å². The average Bonchev–Trinajstić information content (AvgIpc) is 2.41. The van der Waals surface area contributed by atoms with Crippen molar-refractivity contribution >= 4 is 11.6 Å². The van der Waals surface area contributed by atoms with Crippen molar-refractivity contribution < 1.29 is 23.0 Å². The SMILES string of the molecule is N#Cc1cc(O)ccc1Oc1ccc(Cl)c(C(F)(F)F)c1. The van der Waals surface area contributed by atoms with E-state index < -0.39 is 16.8 Å². The maximum atomic E-state index is 12.7. The summed E-state index contributed by atoms with van der Waals surface area (Å²) in [5.41, 5.74) is -1.03. The van der Waals surface area contributed by atoms with Crippen LogP contribution >= 0.6 is 11.6 Å². The first-order chi connectivity index (χ1) is 9.81. The summed E-state index contributed by atoms with van der Waals surface area (Å²) in [6.45, 7) is 0. The first kappa shape index (κ1) is 15.0. The normalized spacial score (nSPS) is 11.0. The molecule has 0 spiro atoms. The number of halogens is 4. The Hall–Kier alpha value is -2.39. The quantitative estimate of drug-likeness (QED) is 0.872. The topological polar surface area (TPSA) is 53.2 Å². The highest BCUT2D eigenvalue weighted by molar-refractivity contribution is 6.31. The molecule has 7 heteroatoms. The van der Waals surface area contributed by atoms with Crippen molar-refractivity contribution in [2.24, 2.45) is 0 Å². The zero-order valence-corrected chi connectivity index (χ0v) is 11.0. The Morgan fingerprint density at radius 1 is 1.14 bits per heavy atom. The predicted molar refractivity (Wildman–Crippen MR) is 69.3 cm³/mol. The van der Waals surface area contributed by atoms with Crippen molar-refractivity contribution in [2.45, 2.75) is 6.18 Å². The van der Waals surface area contributed by atoms with Gasteiger partial charge in [0, 0.05) is 6.07 Å². The van der Waals surface area contributed by atoms with Crippen molar-refractivity contribution in [3.63, 3.8) is 0 Å². The summed E-state index contributed by atoms with van der Waals surface area (Å²) in [5.74, 6) is -0.231. The highest BCUT2D eigenvalue weighted by Crippen LogP contribution is 2.38. The van der Waals surface area contributed by atoms with E-state index in [9.17, 15) is 18.3 Å². The molecule has 0 saturated carbocycles. The molecule has 21 heavy (non-hydrogen) atoms. The van der Waals surface area contributed by atoms with Gasteiger partial charge in [0.1, 0.15) is 23.3 Å². The molecular formula is C14H7ClF3NO2. The Balaban J connectivity index is 2.40. The van der Waals surface area contributed by atoms with E-state index in [0.717, 1.165) is 18.2 Å². The molecule has 0 amide bonds. The summed E-state index contributed by atoms with van der Waals surface area (Å²) in [6.07, 6.45) is -4.61. The molecule has 0 unspecified atom stereocenters. The fourth-order valence-electron chi connectivity index (χ4n) is 1.61. The van der Waals surface area contributed by atoms with Gasteiger partial charge >= 0.3 is 6.18 Å². The van der Waals surface area contributed by atoms with Gasteiger partial charge in [-0.2, -0.15) is 18.4 Å². The molecule has 0 bridgehead atoms. The molecule has 0 aromatic heterocycles. The van der Waals surface area contributed by atoms with Gasteiger partial charge in [-0.3, -0.25) is 0 Å². The summed E-state index contributed by atoms with van der Waals surface area (Å²) < 4.78 is 43.5. The van der Waals surface area contributed by atoms with Crippen LogP contribution in [0.15, 0.2) is 36.4 Å². The number of alkyl halides is 3. The van der Waals surface area contributed by atoms with Crippen molar-refractivity contribution in [3.8, 4) is 23.3 Å². The van der Waals surface area contributed by atoms with Crippen LogP contribution in [-0.2, 0) is 6.18 Å². The predicted octanol–water partition coefficient (Wildman–Crippen LogP) is 4.73. The summed E-state index contributed by atoms with van der Waals surface area (Å²) >= 11 is 5.50. The third-order valence-electron chi connectivity index (χ3n) is 2.55. The van der Waals surface area contributed by atoms with Crippen molar-refractivity contribution in [2.75, 3.05) is 0 Å². The number of hydrogen-bond acceptors (Lipinski definition) is 3. The van der Waals surface area contributed by atoms with Gasteiger partial charge in [-0.15, -0.1) is 0 Å². The molecule has 2 rings (SSSR count). The second-order valence-electron chi connectivity index (χ2n) is 4.03. The van der Waals surface area contributed by atoms with Gasteiger partial charge in [-0.1, -0.05) is 11.6 Å². The lowest BCUT2D eigenvalue weighted by Crippen LogP contribution is -2.06. The first-order valence-corrected chi connectivity index (χ1v) is 5.97. The van der Waals surface area contributed by atoms with Gasteiger partial charge in [0.25, 0.3) is 0 Å². The lowest BCUT2D eigenvalue weighted by Gasteiger charge is -2.12. The van der Waals surface area contributed by atoms with Gasteiger partial charge in [-0.05, 0) is 30.3 Å². The van der Waals surface area contributed by atoms with Crippen LogP contribution in [0.2, 0.25) is 5.02 Å². The van der Waals surface area contributed by atoms with E-state index in [1.807, 2.05) is 0 Å². The van der Waals surface area contributed by atoms with E-state index in [-0.39, 0.29) is 22.8 Å². The molecule has 1 N–H and O–H groups in total. The van der Waals surface area contributed by atoms with Crippen LogP contribution in [0.1, 0.15) is 11.1 Å². The van der Waals surface area contributed by atoms with E-state index in [2.05, 4.69) is 0 Å². The minimum absolute atomic E-state index is 0.00138. The minimum atomic E-state index is -4.61. The lowest BCUT2D eigenvalue weighted by atomic mass is 10.2. The zero-order valence-electron chi connectivity index (χ0n) is 10.3. The molecule has 108 valence electrons.